The van der Waals surface area contributed by atoms with Crippen molar-refractivity contribution in [1.29, 1.82) is 0 Å². The van der Waals surface area contributed by atoms with E-state index in [1.807, 2.05) is 0 Å². The Morgan fingerprint density at radius 3 is 2.82 bits per heavy atom. The zero-order valence-corrected chi connectivity index (χ0v) is 7.62. The highest BCUT2D eigenvalue weighted by Crippen LogP contribution is 2.00. The number of nitrogens with two attached hydrogens (primary N) is 1. The quantitative estimate of drug-likeness (QED) is 0.411. The average molecular weight is 198 g/mol. The van der Waals surface area contributed by atoms with Crippen molar-refractivity contribution >= 4 is 30.9 Å². The van der Waals surface area contributed by atoms with Gasteiger partial charge in [0.2, 0.25) is 5.91 Å². The Morgan fingerprint density at radius 1 is 1.73 bits per heavy atom. The summed E-state index contributed by atoms with van der Waals surface area (Å²) in [6.07, 6.45) is 0.452. The number of thiol groups is 1. The first-order chi connectivity index (χ1) is 4.72. The van der Waals surface area contributed by atoms with E-state index in [0.29, 0.717) is 13.0 Å². The van der Waals surface area contributed by atoms with E-state index in [1.54, 1.807) is 0 Å². The van der Waals surface area contributed by atoms with Crippen LogP contribution in [-0.2, 0) is 4.79 Å². The predicted molar refractivity (Wildman–Crippen MR) is 48.8 cm³/mol. The molecule has 0 saturated carbocycles. The van der Waals surface area contributed by atoms with Crippen molar-refractivity contribution in [2.24, 2.45) is 5.73 Å². The van der Waals surface area contributed by atoms with Crippen LogP contribution in [0.5, 0.6) is 0 Å². The first kappa shape index (κ1) is 11.0. The Labute approximate surface area is 77.1 Å². The fourth-order valence-electron chi connectivity index (χ4n) is 0.910. The predicted octanol–water partition coefficient (Wildman–Crippen LogP) is -0.942. The maximum atomic E-state index is 10.8. The average Bonchev–Trinajstić information content (AvgIpc) is 1.85. The van der Waals surface area contributed by atoms with Gasteiger partial charge in [-0.1, -0.05) is 0 Å². The van der Waals surface area contributed by atoms with Crippen LogP contribution in [0.25, 0.3) is 0 Å². The monoisotopic (exact) mass is 197 g/mol. The smallest absolute Gasteiger partial charge is 0.223 e. The summed E-state index contributed by atoms with van der Waals surface area (Å²) in [6, 6.07) is 0.0799. The van der Waals surface area contributed by atoms with Crippen LogP contribution in [-0.4, -0.2) is 24.0 Å². The number of hydrogen-bond donors (Lipinski definition) is 4. The molecule has 2 unspecified atom stereocenters. The molecule has 66 valence electrons. The molecule has 0 aromatic heterocycles. The summed E-state index contributed by atoms with van der Waals surface area (Å²) in [6.45, 7) is 0.477. The normalized spacial score (nSPS) is 30.5. The van der Waals surface area contributed by atoms with Crippen LogP contribution in [0.3, 0.4) is 0 Å². The van der Waals surface area contributed by atoms with Crippen molar-refractivity contribution in [3.05, 3.63) is 0 Å². The molecule has 1 rings (SSSR count). The zero-order valence-electron chi connectivity index (χ0n) is 5.91. The molecule has 1 aliphatic rings. The molecule has 4 nitrogen and oxygen atoms in total. The first-order valence-corrected chi connectivity index (χ1v) is 3.67. The van der Waals surface area contributed by atoms with Crippen LogP contribution in [0, 0.1) is 0 Å². The fraction of sp³-hybridized carbons (Fsp3) is 0.800. The molecule has 1 aliphatic heterocycles. The third-order valence-electron chi connectivity index (χ3n) is 1.41. The lowest BCUT2D eigenvalue weighted by atomic mass is 10.2. The molecule has 0 radical (unpaired) electrons. The number of carbonyl (C=O) groups is 1. The van der Waals surface area contributed by atoms with Gasteiger partial charge in [0, 0.05) is 19.0 Å². The van der Waals surface area contributed by atoms with E-state index in [2.05, 4.69) is 23.3 Å². The van der Waals surface area contributed by atoms with Crippen LogP contribution >= 0.6 is 25.0 Å². The number of nitrogens with one attached hydrogen (secondary N) is 2. The summed E-state index contributed by atoms with van der Waals surface area (Å²) in [5.74, 6) is 0.00852. The minimum absolute atomic E-state index is 0. The Kier molecular flexibility index (Phi) is 4.83. The molecule has 4 N–H and O–H groups in total. The Balaban J connectivity index is 0.000001000. The second-order valence-electron chi connectivity index (χ2n) is 2.27. The van der Waals surface area contributed by atoms with E-state index in [-0.39, 0.29) is 29.9 Å². The molecular weight excluding hydrogens is 186 g/mol. The number of amides is 1. The van der Waals surface area contributed by atoms with Crippen LogP contribution in [0.1, 0.15) is 6.42 Å². The molecule has 0 bridgehead atoms. The van der Waals surface area contributed by atoms with Crippen molar-refractivity contribution in [2.75, 3.05) is 6.54 Å². The lowest BCUT2D eigenvalue weighted by Gasteiger charge is -2.27. The van der Waals surface area contributed by atoms with Gasteiger partial charge in [0.15, 0.2) is 0 Å². The summed E-state index contributed by atoms with van der Waals surface area (Å²) >= 11 is 4.04. The molecule has 0 spiro atoms. The third kappa shape index (κ3) is 3.29. The van der Waals surface area contributed by atoms with Gasteiger partial charge >= 0.3 is 0 Å². The van der Waals surface area contributed by atoms with Crippen LogP contribution in [0.4, 0.5) is 0 Å². The Morgan fingerprint density at radius 2 is 2.36 bits per heavy atom. The van der Waals surface area contributed by atoms with E-state index in [0.717, 1.165) is 0 Å². The van der Waals surface area contributed by atoms with Gasteiger partial charge in [-0.2, -0.15) is 0 Å². The molecule has 1 fully saturated rings. The standard InChI is InChI=1S/C5H11N3OS.ClH/c6-2-3-1-4(9)8-5(10)7-3;/h3,5,7,10H,1-2,6H2,(H,8,9);1H. The van der Waals surface area contributed by atoms with Gasteiger partial charge in [0.25, 0.3) is 0 Å². The van der Waals surface area contributed by atoms with Crippen molar-refractivity contribution in [2.45, 2.75) is 18.0 Å². The Bertz CT molecular complexity index is 146. The van der Waals surface area contributed by atoms with Gasteiger partial charge in [-0.15, -0.1) is 25.0 Å². The summed E-state index contributed by atoms with van der Waals surface area (Å²) in [5, 5.41) is 5.61. The molecular formula is C5H12ClN3OS. The Hall–Kier alpha value is 0.0300. The van der Waals surface area contributed by atoms with Gasteiger partial charge in [0.1, 0.15) is 5.50 Å². The fourth-order valence-corrected chi connectivity index (χ4v) is 1.27. The topological polar surface area (TPSA) is 67.2 Å². The van der Waals surface area contributed by atoms with Crippen molar-refractivity contribution in [3.63, 3.8) is 0 Å². The van der Waals surface area contributed by atoms with Crippen molar-refractivity contribution in [1.82, 2.24) is 10.6 Å². The number of hydrogen-bond acceptors (Lipinski definition) is 4. The van der Waals surface area contributed by atoms with E-state index < -0.39 is 0 Å². The maximum absolute atomic E-state index is 10.8. The molecule has 1 amide bonds. The van der Waals surface area contributed by atoms with Crippen LogP contribution in [0.15, 0.2) is 0 Å². The summed E-state index contributed by atoms with van der Waals surface area (Å²) < 4.78 is 0. The summed E-state index contributed by atoms with van der Waals surface area (Å²) in [4.78, 5) is 10.8. The molecule has 2 atom stereocenters. The number of halogens is 1. The second kappa shape index (κ2) is 4.82. The molecule has 1 saturated heterocycles. The molecule has 0 aromatic carbocycles. The highest BCUT2D eigenvalue weighted by atomic mass is 35.5. The molecule has 0 aromatic rings. The maximum Gasteiger partial charge on any atom is 0.223 e. The van der Waals surface area contributed by atoms with Crippen molar-refractivity contribution in [3.8, 4) is 0 Å². The highest BCUT2D eigenvalue weighted by molar-refractivity contribution is 7.80. The van der Waals surface area contributed by atoms with Gasteiger partial charge in [-0.05, 0) is 0 Å². The lowest BCUT2D eigenvalue weighted by molar-refractivity contribution is -0.123. The minimum atomic E-state index is -0.241. The molecule has 11 heavy (non-hydrogen) atoms. The second-order valence-corrected chi connectivity index (χ2v) is 2.79. The van der Waals surface area contributed by atoms with E-state index in [9.17, 15) is 4.79 Å². The minimum Gasteiger partial charge on any atom is -0.332 e. The number of rotatable bonds is 1. The van der Waals surface area contributed by atoms with E-state index in [4.69, 9.17) is 5.73 Å². The van der Waals surface area contributed by atoms with Gasteiger partial charge < -0.3 is 11.1 Å². The van der Waals surface area contributed by atoms with Gasteiger partial charge in [0.05, 0.1) is 0 Å². The third-order valence-corrected chi connectivity index (χ3v) is 1.69. The molecule has 0 aliphatic carbocycles. The first-order valence-electron chi connectivity index (χ1n) is 3.16. The van der Waals surface area contributed by atoms with Crippen LogP contribution in [0.2, 0.25) is 0 Å². The SMILES string of the molecule is Cl.NCC1CC(=O)NC(S)N1. The van der Waals surface area contributed by atoms with E-state index in [1.165, 1.54) is 0 Å². The zero-order chi connectivity index (χ0) is 7.56. The summed E-state index contributed by atoms with van der Waals surface area (Å²) in [7, 11) is 0. The largest absolute Gasteiger partial charge is 0.332 e. The van der Waals surface area contributed by atoms with Gasteiger partial charge in [-0.25, -0.2) is 0 Å². The van der Waals surface area contributed by atoms with Crippen molar-refractivity contribution < 1.29 is 4.79 Å². The number of carbonyl (C=O) groups excluding carboxylic acids is 1. The highest BCUT2D eigenvalue weighted by Gasteiger charge is 2.21. The molecule has 6 heteroatoms. The summed E-state index contributed by atoms with van der Waals surface area (Å²) in [5.41, 5.74) is 5.11. The van der Waals surface area contributed by atoms with Crippen LogP contribution < -0.4 is 16.4 Å². The van der Waals surface area contributed by atoms with E-state index >= 15 is 0 Å². The molecule has 1 heterocycles. The lowest BCUT2D eigenvalue weighted by Crippen LogP contribution is -2.55. The van der Waals surface area contributed by atoms with Gasteiger partial charge in [-0.3, -0.25) is 10.1 Å².